The van der Waals surface area contributed by atoms with Crippen LogP contribution in [0.25, 0.3) is 0 Å². The molecule has 15 heavy (non-hydrogen) atoms. The predicted molar refractivity (Wildman–Crippen MR) is 61.0 cm³/mol. The summed E-state index contributed by atoms with van der Waals surface area (Å²) in [6.07, 6.45) is 1.04. The molecule has 0 spiro atoms. The normalized spacial score (nSPS) is 12.5. The number of rotatable bonds is 6. The van der Waals surface area contributed by atoms with Crippen LogP contribution >= 0.6 is 0 Å². The Balaban J connectivity index is 2.49. The lowest BCUT2D eigenvalue weighted by Gasteiger charge is -2.13. The Kier molecular flexibility index (Phi) is 5.15. The van der Waals surface area contributed by atoms with Gasteiger partial charge in [0.25, 0.3) is 0 Å². The van der Waals surface area contributed by atoms with Crippen molar-refractivity contribution in [2.45, 2.75) is 25.9 Å². The first-order valence-corrected chi connectivity index (χ1v) is 5.36. The topological polar surface area (TPSA) is 55.5 Å². The molecule has 3 heteroatoms. The van der Waals surface area contributed by atoms with Crippen LogP contribution in [0.4, 0.5) is 0 Å². The van der Waals surface area contributed by atoms with Crippen LogP contribution in [0.2, 0.25) is 0 Å². The van der Waals surface area contributed by atoms with Gasteiger partial charge in [-0.05, 0) is 31.0 Å². The minimum atomic E-state index is -0.472. The van der Waals surface area contributed by atoms with Crippen molar-refractivity contribution >= 4 is 0 Å². The molecule has 0 amide bonds. The van der Waals surface area contributed by atoms with Gasteiger partial charge < -0.3 is 15.6 Å². The van der Waals surface area contributed by atoms with Crippen molar-refractivity contribution < 1.29 is 9.84 Å². The van der Waals surface area contributed by atoms with E-state index in [4.69, 9.17) is 10.5 Å². The highest BCUT2D eigenvalue weighted by Gasteiger charge is 2.05. The first kappa shape index (κ1) is 12.0. The van der Waals surface area contributed by atoms with Crippen LogP contribution in [0, 0.1) is 0 Å². The maximum absolute atomic E-state index is 9.47. The van der Waals surface area contributed by atoms with Crippen LogP contribution in [0.15, 0.2) is 24.3 Å². The summed E-state index contributed by atoms with van der Waals surface area (Å²) in [4.78, 5) is 0. The summed E-state index contributed by atoms with van der Waals surface area (Å²) in [5.74, 6) is 0.857. The SMILES string of the molecule is CCc1ccccc1OCC(O)CCN. The zero-order chi connectivity index (χ0) is 11.1. The van der Waals surface area contributed by atoms with Crippen molar-refractivity contribution in [3.63, 3.8) is 0 Å². The first-order chi connectivity index (χ1) is 7.27. The Labute approximate surface area is 90.9 Å². The van der Waals surface area contributed by atoms with Gasteiger partial charge in [0.2, 0.25) is 0 Å². The quantitative estimate of drug-likeness (QED) is 0.743. The minimum absolute atomic E-state index is 0.314. The van der Waals surface area contributed by atoms with E-state index in [0.717, 1.165) is 17.7 Å². The fourth-order valence-corrected chi connectivity index (χ4v) is 1.40. The third-order valence-corrected chi connectivity index (χ3v) is 2.28. The van der Waals surface area contributed by atoms with Gasteiger partial charge >= 0.3 is 0 Å². The molecule has 84 valence electrons. The molecule has 1 atom stereocenters. The number of ether oxygens (including phenoxy) is 1. The Morgan fingerprint density at radius 3 is 2.80 bits per heavy atom. The molecule has 0 fully saturated rings. The second-order valence-corrected chi connectivity index (χ2v) is 3.50. The van der Waals surface area contributed by atoms with Gasteiger partial charge in [0.1, 0.15) is 12.4 Å². The highest BCUT2D eigenvalue weighted by atomic mass is 16.5. The Morgan fingerprint density at radius 1 is 1.40 bits per heavy atom. The third kappa shape index (κ3) is 3.90. The fraction of sp³-hybridized carbons (Fsp3) is 0.500. The standard InChI is InChI=1S/C12H19NO2/c1-2-10-5-3-4-6-12(10)15-9-11(14)7-8-13/h3-6,11,14H,2,7-9,13H2,1H3. The van der Waals surface area contributed by atoms with Crippen LogP contribution < -0.4 is 10.5 Å². The van der Waals surface area contributed by atoms with Crippen LogP contribution in [0.5, 0.6) is 5.75 Å². The molecule has 0 heterocycles. The second kappa shape index (κ2) is 6.43. The molecule has 3 nitrogen and oxygen atoms in total. The van der Waals surface area contributed by atoms with Crippen molar-refractivity contribution in [2.75, 3.05) is 13.2 Å². The van der Waals surface area contributed by atoms with E-state index in [1.54, 1.807) is 0 Å². The lowest BCUT2D eigenvalue weighted by molar-refractivity contribution is 0.102. The monoisotopic (exact) mass is 209 g/mol. The van der Waals surface area contributed by atoms with Gasteiger partial charge in [0.05, 0.1) is 6.10 Å². The van der Waals surface area contributed by atoms with Crippen LogP contribution in [0.3, 0.4) is 0 Å². The first-order valence-electron chi connectivity index (χ1n) is 5.36. The van der Waals surface area contributed by atoms with Crippen molar-refractivity contribution in [1.82, 2.24) is 0 Å². The van der Waals surface area contributed by atoms with E-state index in [2.05, 4.69) is 6.92 Å². The van der Waals surface area contributed by atoms with E-state index in [-0.39, 0.29) is 0 Å². The summed E-state index contributed by atoms with van der Waals surface area (Å²) < 4.78 is 5.54. The zero-order valence-electron chi connectivity index (χ0n) is 9.15. The average molecular weight is 209 g/mol. The summed E-state index contributed by atoms with van der Waals surface area (Å²) in [6.45, 7) is 2.88. The van der Waals surface area contributed by atoms with Crippen molar-refractivity contribution in [1.29, 1.82) is 0 Å². The molecule has 0 aromatic heterocycles. The van der Waals surface area contributed by atoms with Crippen LogP contribution in [-0.2, 0) is 6.42 Å². The second-order valence-electron chi connectivity index (χ2n) is 3.50. The van der Waals surface area contributed by atoms with E-state index in [1.165, 1.54) is 0 Å². The van der Waals surface area contributed by atoms with Gasteiger partial charge in [-0.1, -0.05) is 25.1 Å². The van der Waals surface area contributed by atoms with Gasteiger partial charge in [-0.3, -0.25) is 0 Å². The molecule has 0 bridgehead atoms. The van der Waals surface area contributed by atoms with Crippen molar-refractivity contribution in [3.05, 3.63) is 29.8 Å². The van der Waals surface area contributed by atoms with Gasteiger partial charge in [-0.2, -0.15) is 0 Å². The molecule has 1 aromatic rings. The number of aliphatic hydroxyl groups is 1. The van der Waals surface area contributed by atoms with E-state index in [1.807, 2.05) is 24.3 Å². The summed E-state index contributed by atoms with van der Waals surface area (Å²) in [5, 5.41) is 9.47. The van der Waals surface area contributed by atoms with Crippen LogP contribution in [-0.4, -0.2) is 24.4 Å². The average Bonchev–Trinajstić information content (AvgIpc) is 2.27. The van der Waals surface area contributed by atoms with Crippen molar-refractivity contribution in [2.24, 2.45) is 5.73 Å². The molecule has 0 saturated carbocycles. The van der Waals surface area contributed by atoms with Crippen molar-refractivity contribution in [3.8, 4) is 5.75 Å². The number of benzene rings is 1. The minimum Gasteiger partial charge on any atom is -0.491 e. The van der Waals surface area contributed by atoms with E-state index in [9.17, 15) is 5.11 Å². The molecule has 0 saturated heterocycles. The molecule has 0 aliphatic rings. The molecule has 0 aliphatic heterocycles. The predicted octanol–water partition coefficient (Wildman–Crippen LogP) is 1.34. The number of nitrogens with two attached hydrogens (primary N) is 1. The smallest absolute Gasteiger partial charge is 0.122 e. The summed E-state index contributed by atoms with van der Waals surface area (Å²) >= 11 is 0. The van der Waals surface area contributed by atoms with Crippen LogP contribution in [0.1, 0.15) is 18.9 Å². The lowest BCUT2D eigenvalue weighted by Crippen LogP contribution is -2.21. The molecule has 3 N–H and O–H groups in total. The largest absolute Gasteiger partial charge is 0.491 e. The van der Waals surface area contributed by atoms with Gasteiger partial charge in [0, 0.05) is 0 Å². The highest BCUT2D eigenvalue weighted by Crippen LogP contribution is 2.18. The highest BCUT2D eigenvalue weighted by molar-refractivity contribution is 5.33. The summed E-state index contributed by atoms with van der Waals surface area (Å²) in [5.41, 5.74) is 6.50. The molecule has 1 rings (SSSR count). The maximum atomic E-state index is 9.47. The number of para-hydroxylation sites is 1. The molecule has 0 aliphatic carbocycles. The van der Waals surface area contributed by atoms with Gasteiger partial charge in [-0.15, -0.1) is 0 Å². The zero-order valence-corrected chi connectivity index (χ0v) is 9.15. The number of aryl methyl sites for hydroxylation is 1. The van der Waals surface area contributed by atoms with E-state index in [0.29, 0.717) is 19.6 Å². The number of hydrogen-bond acceptors (Lipinski definition) is 3. The van der Waals surface area contributed by atoms with Gasteiger partial charge in [0.15, 0.2) is 0 Å². The number of aliphatic hydroxyl groups excluding tert-OH is 1. The third-order valence-electron chi connectivity index (χ3n) is 2.28. The number of hydrogen-bond donors (Lipinski definition) is 2. The molecule has 1 unspecified atom stereocenters. The maximum Gasteiger partial charge on any atom is 0.122 e. The summed E-state index contributed by atoms with van der Waals surface area (Å²) in [6, 6.07) is 7.88. The molecule has 1 aromatic carbocycles. The van der Waals surface area contributed by atoms with E-state index < -0.39 is 6.10 Å². The summed E-state index contributed by atoms with van der Waals surface area (Å²) in [7, 11) is 0. The fourth-order valence-electron chi connectivity index (χ4n) is 1.40. The Bertz CT molecular complexity index is 289. The van der Waals surface area contributed by atoms with E-state index >= 15 is 0 Å². The Morgan fingerprint density at radius 2 is 2.13 bits per heavy atom. The molecular formula is C12H19NO2. The molecule has 0 radical (unpaired) electrons. The Hall–Kier alpha value is -1.06. The molecular weight excluding hydrogens is 190 g/mol. The lowest BCUT2D eigenvalue weighted by atomic mass is 10.1. The van der Waals surface area contributed by atoms with Gasteiger partial charge in [-0.25, -0.2) is 0 Å².